The first-order valence-electron chi connectivity index (χ1n) is 7.76. The molecule has 0 heterocycles. The maximum atomic E-state index is 12.4. The molecule has 5 heteroatoms. The van der Waals surface area contributed by atoms with E-state index >= 15 is 0 Å². The molecule has 0 saturated carbocycles. The number of benzene rings is 2. The fraction of sp³-hybridized carbons (Fsp3) is 0.316. The molecule has 5 nitrogen and oxygen atoms in total. The smallest absolute Gasteiger partial charge is 0.227 e. The molecule has 0 bridgehead atoms. The van der Waals surface area contributed by atoms with Crippen molar-refractivity contribution < 1.29 is 19.4 Å². The lowest BCUT2D eigenvalue weighted by molar-refractivity contribution is -0.119. The number of amides is 1. The second kappa shape index (κ2) is 7.73. The zero-order chi connectivity index (χ0) is 17.7. The second-order valence-electron chi connectivity index (χ2n) is 5.78. The van der Waals surface area contributed by atoms with Crippen LogP contribution in [0.3, 0.4) is 0 Å². The lowest BCUT2D eigenvalue weighted by Crippen LogP contribution is -2.22. The molecule has 0 aliphatic carbocycles. The third kappa shape index (κ3) is 4.19. The average Bonchev–Trinajstić information content (AvgIpc) is 2.57. The van der Waals surface area contributed by atoms with Gasteiger partial charge < -0.3 is 19.9 Å². The number of anilines is 1. The van der Waals surface area contributed by atoms with Gasteiger partial charge in [0.05, 0.1) is 14.2 Å². The number of hydrogen-bond acceptors (Lipinski definition) is 4. The number of aromatic hydroxyl groups is 1. The fourth-order valence-corrected chi connectivity index (χ4v) is 2.50. The van der Waals surface area contributed by atoms with Crippen molar-refractivity contribution in [3.05, 3.63) is 47.5 Å². The number of phenolic OH excluding ortho intramolecular Hbond substituents is 1. The van der Waals surface area contributed by atoms with Crippen LogP contribution < -0.4 is 14.8 Å². The number of ether oxygens (including phenoxy) is 2. The molecule has 1 amide bonds. The predicted molar refractivity (Wildman–Crippen MR) is 93.9 cm³/mol. The number of hydrogen-bond donors (Lipinski definition) is 2. The van der Waals surface area contributed by atoms with Crippen LogP contribution in [0.4, 0.5) is 5.69 Å². The lowest BCUT2D eigenvalue weighted by atomic mass is 9.99. The van der Waals surface area contributed by atoms with Crippen molar-refractivity contribution in [3.63, 3.8) is 0 Å². The summed E-state index contributed by atoms with van der Waals surface area (Å²) >= 11 is 0. The highest BCUT2D eigenvalue weighted by Crippen LogP contribution is 2.28. The lowest BCUT2D eigenvalue weighted by Gasteiger charge is -2.15. The molecule has 128 valence electrons. The number of carbonyl (C=O) groups is 1. The van der Waals surface area contributed by atoms with Crippen LogP contribution in [0.5, 0.6) is 17.2 Å². The number of rotatable bonds is 6. The summed E-state index contributed by atoms with van der Waals surface area (Å²) in [6.45, 7) is 3.72. The van der Waals surface area contributed by atoms with E-state index in [0.29, 0.717) is 23.6 Å². The minimum atomic E-state index is -0.212. The van der Waals surface area contributed by atoms with E-state index in [9.17, 15) is 9.90 Å². The maximum absolute atomic E-state index is 12.4. The first-order valence-corrected chi connectivity index (χ1v) is 7.76. The molecule has 2 N–H and O–H groups in total. The van der Waals surface area contributed by atoms with E-state index in [4.69, 9.17) is 9.47 Å². The topological polar surface area (TPSA) is 67.8 Å². The number of nitrogens with one attached hydrogen (secondary N) is 1. The Bertz CT molecular complexity index is 727. The zero-order valence-electron chi connectivity index (χ0n) is 14.4. The van der Waals surface area contributed by atoms with Crippen LogP contribution in [-0.2, 0) is 11.2 Å². The van der Waals surface area contributed by atoms with Gasteiger partial charge in [0.1, 0.15) is 5.75 Å². The second-order valence-corrected chi connectivity index (χ2v) is 5.78. The highest BCUT2D eigenvalue weighted by Gasteiger charge is 2.16. The number of carbonyl (C=O) groups excluding carboxylic acids is 1. The van der Waals surface area contributed by atoms with Crippen LogP contribution in [0, 0.1) is 12.8 Å². The molecular formula is C19H23NO4. The number of methoxy groups -OCH3 is 2. The molecule has 0 aliphatic rings. The van der Waals surface area contributed by atoms with Gasteiger partial charge in [0.25, 0.3) is 0 Å². The quantitative estimate of drug-likeness (QED) is 0.796. The van der Waals surface area contributed by atoms with Gasteiger partial charge in [-0.05, 0) is 54.8 Å². The van der Waals surface area contributed by atoms with Gasteiger partial charge in [-0.25, -0.2) is 0 Å². The van der Waals surface area contributed by atoms with E-state index in [1.54, 1.807) is 32.4 Å². The molecule has 0 aromatic heterocycles. The number of phenols is 1. The Morgan fingerprint density at radius 2 is 1.83 bits per heavy atom. The minimum absolute atomic E-state index is 0.0708. The normalized spacial score (nSPS) is 11.7. The summed E-state index contributed by atoms with van der Waals surface area (Å²) in [6.07, 6.45) is 0.587. The van der Waals surface area contributed by atoms with Crippen molar-refractivity contribution in [2.24, 2.45) is 5.92 Å². The summed E-state index contributed by atoms with van der Waals surface area (Å²) < 4.78 is 10.5. The van der Waals surface area contributed by atoms with Crippen LogP contribution in [0.25, 0.3) is 0 Å². The van der Waals surface area contributed by atoms with Crippen LogP contribution in [0.1, 0.15) is 18.1 Å². The predicted octanol–water partition coefficient (Wildman–Crippen LogP) is 3.54. The Hall–Kier alpha value is -2.69. The van der Waals surface area contributed by atoms with Gasteiger partial charge in [-0.2, -0.15) is 0 Å². The highest BCUT2D eigenvalue weighted by atomic mass is 16.5. The van der Waals surface area contributed by atoms with Crippen LogP contribution >= 0.6 is 0 Å². The third-order valence-corrected chi connectivity index (χ3v) is 3.91. The van der Waals surface area contributed by atoms with E-state index in [0.717, 1.165) is 11.1 Å². The van der Waals surface area contributed by atoms with E-state index in [1.807, 2.05) is 32.0 Å². The average molecular weight is 329 g/mol. The van der Waals surface area contributed by atoms with Gasteiger partial charge in [0, 0.05) is 11.6 Å². The Balaban J connectivity index is 2.06. The molecule has 0 aliphatic heterocycles. The van der Waals surface area contributed by atoms with Crippen LogP contribution in [0.15, 0.2) is 36.4 Å². The number of aryl methyl sites for hydroxylation is 1. The molecule has 0 fully saturated rings. The van der Waals surface area contributed by atoms with E-state index in [2.05, 4.69) is 5.32 Å². The van der Waals surface area contributed by atoms with Crippen molar-refractivity contribution >= 4 is 11.6 Å². The summed E-state index contributed by atoms with van der Waals surface area (Å²) in [5, 5.41) is 12.3. The summed E-state index contributed by atoms with van der Waals surface area (Å²) in [4.78, 5) is 12.4. The van der Waals surface area contributed by atoms with E-state index < -0.39 is 0 Å². The molecule has 2 aromatic carbocycles. The standard InChI is InChI=1S/C19H23NO4/c1-12-10-15(21)6-7-16(12)20-19(22)13(2)9-14-5-8-17(23-3)18(11-14)24-4/h5-8,10-11,13,21H,9H2,1-4H3,(H,20,22). The van der Waals surface area contributed by atoms with Crippen molar-refractivity contribution in [2.45, 2.75) is 20.3 Å². The summed E-state index contributed by atoms with van der Waals surface area (Å²) in [5.41, 5.74) is 2.52. The summed E-state index contributed by atoms with van der Waals surface area (Å²) in [5.74, 6) is 1.22. The zero-order valence-corrected chi connectivity index (χ0v) is 14.4. The molecule has 24 heavy (non-hydrogen) atoms. The van der Waals surface area contributed by atoms with Crippen molar-refractivity contribution in [1.82, 2.24) is 0 Å². The minimum Gasteiger partial charge on any atom is -0.508 e. The summed E-state index contributed by atoms with van der Waals surface area (Å²) in [6, 6.07) is 10.5. The third-order valence-electron chi connectivity index (χ3n) is 3.91. The maximum Gasteiger partial charge on any atom is 0.227 e. The Morgan fingerprint density at radius 3 is 2.46 bits per heavy atom. The van der Waals surface area contributed by atoms with E-state index in [1.165, 1.54) is 0 Å². The van der Waals surface area contributed by atoms with Gasteiger partial charge >= 0.3 is 0 Å². The van der Waals surface area contributed by atoms with Crippen LogP contribution in [0.2, 0.25) is 0 Å². The molecular weight excluding hydrogens is 306 g/mol. The van der Waals surface area contributed by atoms with Gasteiger partial charge in [-0.15, -0.1) is 0 Å². The van der Waals surface area contributed by atoms with Gasteiger partial charge in [-0.3, -0.25) is 4.79 Å². The Kier molecular flexibility index (Phi) is 5.68. The SMILES string of the molecule is COc1ccc(CC(C)C(=O)Nc2ccc(O)cc2C)cc1OC. The Labute approximate surface area is 142 Å². The molecule has 1 unspecified atom stereocenters. The van der Waals surface area contributed by atoms with Gasteiger partial charge in [0.15, 0.2) is 11.5 Å². The van der Waals surface area contributed by atoms with Crippen molar-refractivity contribution in [1.29, 1.82) is 0 Å². The van der Waals surface area contributed by atoms with E-state index in [-0.39, 0.29) is 17.6 Å². The van der Waals surface area contributed by atoms with Crippen molar-refractivity contribution in [3.8, 4) is 17.2 Å². The molecule has 1 atom stereocenters. The monoisotopic (exact) mass is 329 g/mol. The van der Waals surface area contributed by atoms with Gasteiger partial charge in [-0.1, -0.05) is 13.0 Å². The summed E-state index contributed by atoms with van der Waals surface area (Å²) in [7, 11) is 3.18. The molecule has 2 rings (SSSR count). The molecule has 0 spiro atoms. The largest absolute Gasteiger partial charge is 0.508 e. The Morgan fingerprint density at radius 1 is 1.12 bits per heavy atom. The molecule has 2 aromatic rings. The molecule has 0 saturated heterocycles. The van der Waals surface area contributed by atoms with Crippen LogP contribution in [-0.4, -0.2) is 25.2 Å². The fourth-order valence-electron chi connectivity index (χ4n) is 2.50. The first-order chi connectivity index (χ1) is 11.4. The van der Waals surface area contributed by atoms with Gasteiger partial charge in [0.2, 0.25) is 5.91 Å². The first kappa shape index (κ1) is 17.7. The van der Waals surface area contributed by atoms with Crippen molar-refractivity contribution in [2.75, 3.05) is 19.5 Å². The molecule has 0 radical (unpaired) electrons. The highest BCUT2D eigenvalue weighted by molar-refractivity contribution is 5.93.